The highest BCUT2D eigenvalue weighted by molar-refractivity contribution is 4.67. The molecule has 0 saturated carbocycles. The summed E-state index contributed by atoms with van der Waals surface area (Å²) in [4.78, 5) is 0. The second-order valence-electron chi connectivity index (χ2n) is 3.94. The summed E-state index contributed by atoms with van der Waals surface area (Å²) in [6, 6.07) is 0. The van der Waals surface area contributed by atoms with Crippen LogP contribution in [0.15, 0.2) is 0 Å². The van der Waals surface area contributed by atoms with Crippen LogP contribution in [0.4, 0.5) is 0 Å². The van der Waals surface area contributed by atoms with Crippen molar-refractivity contribution in [2.45, 2.75) is 25.4 Å². The molecular weight excluding hydrogens is 192 g/mol. The standard InChI is InChI=1S/C11H24N2O2/c1-14-9-7-12-5-3-6-13-10-11-4-2-8-15-11/h11-13H,2-10H2,1H3. The number of nitrogens with one attached hydrogen (secondary N) is 2. The molecule has 1 aliphatic rings. The van der Waals surface area contributed by atoms with Crippen molar-refractivity contribution in [3.8, 4) is 0 Å². The van der Waals surface area contributed by atoms with Crippen molar-refractivity contribution >= 4 is 0 Å². The quantitative estimate of drug-likeness (QED) is 0.547. The van der Waals surface area contributed by atoms with Gasteiger partial charge in [0, 0.05) is 26.8 Å². The van der Waals surface area contributed by atoms with Crippen LogP contribution in [-0.2, 0) is 9.47 Å². The van der Waals surface area contributed by atoms with Gasteiger partial charge >= 0.3 is 0 Å². The molecule has 1 rings (SSSR count). The summed E-state index contributed by atoms with van der Waals surface area (Å²) in [6.07, 6.45) is 4.08. The Bertz CT molecular complexity index is 139. The highest BCUT2D eigenvalue weighted by Gasteiger charge is 2.13. The lowest BCUT2D eigenvalue weighted by atomic mass is 10.2. The van der Waals surface area contributed by atoms with Crippen molar-refractivity contribution in [1.82, 2.24) is 10.6 Å². The molecule has 1 unspecified atom stereocenters. The molecule has 2 N–H and O–H groups in total. The summed E-state index contributed by atoms with van der Waals surface area (Å²) < 4.78 is 10.5. The fourth-order valence-corrected chi connectivity index (χ4v) is 1.71. The third-order valence-corrected chi connectivity index (χ3v) is 2.59. The van der Waals surface area contributed by atoms with E-state index in [4.69, 9.17) is 9.47 Å². The largest absolute Gasteiger partial charge is 0.383 e. The summed E-state index contributed by atoms with van der Waals surface area (Å²) in [7, 11) is 1.73. The summed E-state index contributed by atoms with van der Waals surface area (Å²) in [5, 5.41) is 6.74. The van der Waals surface area contributed by atoms with Gasteiger partial charge in [0.2, 0.25) is 0 Å². The molecule has 4 nitrogen and oxygen atoms in total. The molecule has 1 saturated heterocycles. The third-order valence-electron chi connectivity index (χ3n) is 2.59. The predicted molar refractivity (Wildman–Crippen MR) is 61.2 cm³/mol. The van der Waals surface area contributed by atoms with Gasteiger partial charge in [-0.1, -0.05) is 0 Å². The van der Waals surface area contributed by atoms with Gasteiger partial charge in [0.05, 0.1) is 12.7 Å². The maximum Gasteiger partial charge on any atom is 0.0700 e. The van der Waals surface area contributed by atoms with E-state index < -0.39 is 0 Å². The van der Waals surface area contributed by atoms with Crippen LogP contribution in [0.3, 0.4) is 0 Å². The van der Waals surface area contributed by atoms with E-state index in [1.54, 1.807) is 7.11 Å². The van der Waals surface area contributed by atoms with Crippen LogP contribution in [0, 0.1) is 0 Å². The SMILES string of the molecule is COCCNCCCNCC1CCCO1. The molecule has 90 valence electrons. The molecule has 0 radical (unpaired) electrons. The third kappa shape index (κ3) is 6.84. The van der Waals surface area contributed by atoms with Gasteiger partial charge in [-0.2, -0.15) is 0 Å². The van der Waals surface area contributed by atoms with Gasteiger partial charge in [-0.05, 0) is 32.4 Å². The highest BCUT2D eigenvalue weighted by atomic mass is 16.5. The predicted octanol–water partition coefficient (Wildman–Crippen LogP) is 0.381. The van der Waals surface area contributed by atoms with Crippen molar-refractivity contribution in [3.05, 3.63) is 0 Å². The summed E-state index contributed by atoms with van der Waals surface area (Å²) >= 11 is 0. The van der Waals surface area contributed by atoms with Crippen LogP contribution in [0.5, 0.6) is 0 Å². The number of hydrogen-bond acceptors (Lipinski definition) is 4. The van der Waals surface area contributed by atoms with Gasteiger partial charge in [0.1, 0.15) is 0 Å². The first kappa shape index (κ1) is 12.9. The van der Waals surface area contributed by atoms with E-state index in [2.05, 4.69) is 10.6 Å². The van der Waals surface area contributed by atoms with Crippen LogP contribution in [-0.4, -0.2) is 52.6 Å². The molecule has 0 aromatic heterocycles. The zero-order valence-corrected chi connectivity index (χ0v) is 9.76. The molecule has 0 spiro atoms. The monoisotopic (exact) mass is 216 g/mol. The lowest BCUT2D eigenvalue weighted by Crippen LogP contribution is -2.29. The van der Waals surface area contributed by atoms with Crippen LogP contribution < -0.4 is 10.6 Å². The zero-order valence-electron chi connectivity index (χ0n) is 9.76. The van der Waals surface area contributed by atoms with Crippen LogP contribution in [0.25, 0.3) is 0 Å². The van der Waals surface area contributed by atoms with Crippen LogP contribution >= 0.6 is 0 Å². The molecule has 0 bridgehead atoms. The molecule has 1 heterocycles. The average molecular weight is 216 g/mol. The van der Waals surface area contributed by atoms with Crippen molar-refractivity contribution in [3.63, 3.8) is 0 Å². The summed E-state index contributed by atoms with van der Waals surface area (Å²) in [5.74, 6) is 0. The molecule has 4 heteroatoms. The minimum Gasteiger partial charge on any atom is -0.383 e. The molecule has 1 aliphatic heterocycles. The van der Waals surface area contributed by atoms with Crippen molar-refractivity contribution in [1.29, 1.82) is 0 Å². The molecule has 1 fully saturated rings. The summed E-state index contributed by atoms with van der Waals surface area (Å²) in [6.45, 7) is 5.83. The van der Waals surface area contributed by atoms with Crippen LogP contribution in [0.2, 0.25) is 0 Å². The fraction of sp³-hybridized carbons (Fsp3) is 1.00. The Labute approximate surface area is 92.7 Å². The van der Waals surface area contributed by atoms with E-state index in [9.17, 15) is 0 Å². The van der Waals surface area contributed by atoms with E-state index in [0.717, 1.165) is 45.8 Å². The number of ether oxygens (including phenoxy) is 2. The van der Waals surface area contributed by atoms with E-state index in [1.165, 1.54) is 12.8 Å². The van der Waals surface area contributed by atoms with E-state index in [1.807, 2.05) is 0 Å². The van der Waals surface area contributed by atoms with Gasteiger partial charge in [0.25, 0.3) is 0 Å². The number of hydrogen-bond donors (Lipinski definition) is 2. The smallest absolute Gasteiger partial charge is 0.0700 e. The molecule has 0 aromatic carbocycles. The lowest BCUT2D eigenvalue weighted by molar-refractivity contribution is 0.110. The van der Waals surface area contributed by atoms with Gasteiger partial charge < -0.3 is 20.1 Å². The number of rotatable bonds is 9. The molecule has 0 aliphatic carbocycles. The Hall–Kier alpha value is -0.160. The van der Waals surface area contributed by atoms with E-state index in [-0.39, 0.29) is 0 Å². The average Bonchev–Trinajstić information content (AvgIpc) is 2.75. The molecule has 15 heavy (non-hydrogen) atoms. The zero-order chi connectivity index (χ0) is 10.8. The van der Waals surface area contributed by atoms with Gasteiger partial charge in [-0.15, -0.1) is 0 Å². The lowest BCUT2D eigenvalue weighted by Gasteiger charge is -2.10. The van der Waals surface area contributed by atoms with Crippen molar-refractivity contribution in [2.24, 2.45) is 0 Å². The minimum atomic E-state index is 0.464. The van der Waals surface area contributed by atoms with E-state index in [0.29, 0.717) is 6.10 Å². The molecule has 0 aromatic rings. The second kappa shape index (κ2) is 9.09. The first-order valence-corrected chi connectivity index (χ1v) is 5.95. The highest BCUT2D eigenvalue weighted by Crippen LogP contribution is 2.10. The van der Waals surface area contributed by atoms with E-state index >= 15 is 0 Å². The number of methoxy groups -OCH3 is 1. The Morgan fingerprint density at radius 1 is 1.27 bits per heavy atom. The maximum atomic E-state index is 5.52. The Morgan fingerprint density at radius 3 is 2.87 bits per heavy atom. The topological polar surface area (TPSA) is 42.5 Å². The summed E-state index contributed by atoms with van der Waals surface area (Å²) in [5.41, 5.74) is 0. The fourth-order valence-electron chi connectivity index (χ4n) is 1.71. The Morgan fingerprint density at radius 2 is 2.13 bits per heavy atom. The molecule has 1 atom stereocenters. The minimum absolute atomic E-state index is 0.464. The van der Waals surface area contributed by atoms with Crippen molar-refractivity contribution < 1.29 is 9.47 Å². The Kier molecular flexibility index (Phi) is 7.83. The van der Waals surface area contributed by atoms with Gasteiger partial charge in [0.15, 0.2) is 0 Å². The maximum absolute atomic E-state index is 5.52. The van der Waals surface area contributed by atoms with Gasteiger partial charge in [-0.3, -0.25) is 0 Å². The second-order valence-corrected chi connectivity index (χ2v) is 3.94. The normalized spacial score (nSPS) is 21.0. The molecular formula is C11H24N2O2. The van der Waals surface area contributed by atoms with Crippen LogP contribution in [0.1, 0.15) is 19.3 Å². The first-order chi connectivity index (χ1) is 7.43. The first-order valence-electron chi connectivity index (χ1n) is 5.95. The molecule has 0 amide bonds. The van der Waals surface area contributed by atoms with Gasteiger partial charge in [-0.25, -0.2) is 0 Å². The van der Waals surface area contributed by atoms with Crippen molar-refractivity contribution in [2.75, 3.05) is 46.5 Å². The Balaban J connectivity index is 1.73.